The van der Waals surface area contributed by atoms with Crippen LogP contribution in [0.2, 0.25) is 0 Å². The van der Waals surface area contributed by atoms with Gasteiger partial charge in [0.05, 0.1) is 20.3 Å². The summed E-state index contributed by atoms with van der Waals surface area (Å²) in [5.74, 6) is 1.94. The number of thiophene rings is 1. The summed E-state index contributed by atoms with van der Waals surface area (Å²) in [6, 6.07) is 11.5. The highest BCUT2D eigenvalue weighted by Crippen LogP contribution is 2.42. The van der Waals surface area contributed by atoms with Gasteiger partial charge in [-0.15, -0.1) is 11.3 Å². The third kappa shape index (κ3) is 3.97. The van der Waals surface area contributed by atoms with Crippen molar-refractivity contribution in [2.45, 2.75) is 12.5 Å². The SMILES string of the molecule is COc1cc2c(cc1OC)C(c1cccs1)N(C(=O)/C=C/c1ccc(Br)o1)CC2. The molecule has 0 N–H and O–H groups in total. The van der Waals surface area contributed by atoms with E-state index in [-0.39, 0.29) is 11.9 Å². The maximum absolute atomic E-state index is 13.1. The molecule has 1 aliphatic rings. The molecule has 1 aromatic carbocycles. The first kappa shape index (κ1) is 19.8. The number of carbonyl (C=O) groups is 1. The van der Waals surface area contributed by atoms with Gasteiger partial charge in [-0.05, 0) is 75.3 Å². The first-order chi connectivity index (χ1) is 14.1. The van der Waals surface area contributed by atoms with E-state index in [9.17, 15) is 4.79 Å². The Morgan fingerprint density at radius 3 is 2.69 bits per heavy atom. The molecule has 0 spiro atoms. The summed E-state index contributed by atoms with van der Waals surface area (Å²) in [4.78, 5) is 16.1. The van der Waals surface area contributed by atoms with Crippen LogP contribution < -0.4 is 9.47 Å². The van der Waals surface area contributed by atoms with Crippen LogP contribution in [0.5, 0.6) is 11.5 Å². The number of benzene rings is 1. The molecule has 2 aromatic heterocycles. The van der Waals surface area contributed by atoms with Crippen molar-refractivity contribution in [1.82, 2.24) is 4.90 Å². The van der Waals surface area contributed by atoms with Gasteiger partial charge in [0, 0.05) is 17.5 Å². The Morgan fingerprint density at radius 1 is 1.24 bits per heavy atom. The van der Waals surface area contributed by atoms with E-state index in [4.69, 9.17) is 13.9 Å². The molecular formula is C22H20BrNO4S. The van der Waals surface area contributed by atoms with Gasteiger partial charge in [-0.3, -0.25) is 4.79 Å². The number of hydrogen-bond donors (Lipinski definition) is 0. The second-order valence-corrected chi connectivity index (χ2v) is 8.34. The average molecular weight is 474 g/mol. The summed E-state index contributed by atoms with van der Waals surface area (Å²) in [6.45, 7) is 0.621. The zero-order chi connectivity index (χ0) is 20.4. The Hall–Kier alpha value is -2.51. The normalized spacial score (nSPS) is 16.1. The minimum absolute atomic E-state index is 0.0589. The van der Waals surface area contributed by atoms with Crippen molar-refractivity contribution in [3.63, 3.8) is 0 Å². The molecule has 0 bridgehead atoms. The van der Waals surface area contributed by atoms with Crippen LogP contribution in [0.3, 0.4) is 0 Å². The van der Waals surface area contributed by atoms with E-state index < -0.39 is 0 Å². The molecule has 5 nitrogen and oxygen atoms in total. The van der Waals surface area contributed by atoms with Crippen LogP contribution in [0.15, 0.2) is 56.9 Å². The molecule has 3 heterocycles. The zero-order valence-corrected chi connectivity index (χ0v) is 18.5. The number of hydrogen-bond acceptors (Lipinski definition) is 5. The molecule has 1 atom stereocenters. The number of methoxy groups -OCH3 is 2. The lowest BCUT2D eigenvalue weighted by molar-refractivity contribution is -0.127. The van der Waals surface area contributed by atoms with Crippen molar-refractivity contribution >= 4 is 39.2 Å². The number of fused-ring (bicyclic) bond motifs is 1. The first-order valence-corrected chi connectivity index (χ1v) is 10.8. The van der Waals surface area contributed by atoms with Crippen LogP contribution in [-0.4, -0.2) is 31.6 Å². The van der Waals surface area contributed by atoms with Crippen LogP contribution in [0.4, 0.5) is 0 Å². The van der Waals surface area contributed by atoms with E-state index in [0.717, 1.165) is 16.9 Å². The number of ether oxygens (including phenoxy) is 2. The first-order valence-electron chi connectivity index (χ1n) is 9.13. The van der Waals surface area contributed by atoms with Crippen molar-refractivity contribution in [2.24, 2.45) is 0 Å². The molecular weight excluding hydrogens is 454 g/mol. The molecule has 0 aliphatic carbocycles. The highest BCUT2D eigenvalue weighted by Gasteiger charge is 2.33. The fourth-order valence-electron chi connectivity index (χ4n) is 3.60. The van der Waals surface area contributed by atoms with Gasteiger partial charge in [-0.25, -0.2) is 0 Å². The number of halogens is 1. The Morgan fingerprint density at radius 2 is 2.03 bits per heavy atom. The molecule has 1 unspecified atom stereocenters. The summed E-state index contributed by atoms with van der Waals surface area (Å²) in [5.41, 5.74) is 2.24. The summed E-state index contributed by atoms with van der Waals surface area (Å²) in [5, 5.41) is 2.03. The Balaban J connectivity index is 1.72. The van der Waals surface area contributed by atoms with Gasteiger partial charge < -0.3 is 18.8 Å². The van der Waals surface area contributed by atoms with Gasteiger partial charge in [-0.1, -0.05) is 6.07 Å². The molecule has 3 aromatic rings. The minimum atomic E-state index is -0.168. The summed E-state index contributed by atoms with van der Waals surface area (Å²) < 4.78 is 17.1. The van der Waals surface area contributed by atoms with E-state index >= 15 is 0 Å². The van der Waals surface area contributed by atoms with Gasteiger partial charge >= 0.3 is 0 Å². The number of carbonyl (C=O) groups excluding carboxylic acids is 1. The molecule has 1 amide bonds. The van der Waals surface area contributed by atoms with Gasteiger partial charge in [-0.2, -0.15) is 0 Å². The van der Waals surface area contributed by atoms with E-state index in [1.54, 1.807) is 43.8 Å². The molecule has 7 heteroatoms. The average Bonchev–Trinajstić information content (AvgIpc) is 3.41. The van der Waals surface area contributed by atoms with E-state index in [1.807, 2.05) is 34.5 Å². The fourth-order valence-corrected chi connectivity index (χ4v) is 4.78. The highest BCUT2D eigenvalue weighted by molar-refractivity contribution is 9.10. The molecule has 0 radical (unpaired) electrons. The van der Waals surface area contributed by atoms with E-state index in [1.165, 1.54) is 5.56 Å². The quantitative estimate of drug-likeness (QED) is 0.471. The summed E-state index contributed by atoms with van der Waals surface area (Å²) in [6.07, 6.45) is 4.02. The number of amides is 1. The Labute approximate surface area is 181 Å². The Bertz CT molecular complexity index is 1040. The van der Waals surface area contributed by atoms with Gasteiger partial charge in [0.25, 0.3) is 0 Å². The van der Waals surface area contributed by atoms with E-state index in [0.29, 0.717) is 28.5 Å². The molecule has 0 fully saturated rings. The number of furan rings is 1. The standard InChI is InChI=1S/C22H20BrNO4S/c1-26-17-12-14-9-10-24(21(25)8-6-15-5-7-20(23)28-15)22(19-4-3-11-29-19)16(14)13-18(17)27-2/h3-8,11-13,22H,9-10H2,1-2H3/b8-6+. The molecule has 1 aliphatic heterocycles. The lowest BCUT2D eigenvalue weighted by Crippen LogP contribution is -2.39. The number of nitrogens with zero attached hydrogens (tertiary/aromatic N) is 1. The zero-order valence-electron chi connectivity index (χ0n) is 16.1. The Kier molecular flexibility index (Phi) is 5.78. The predicted octanol–water partition coefficient (Wildman–Crippen LogP) is 5.31. The maximum Gasteiger partial charge on any atom is 0.247 e. The molecule has 0 saturated carbocycles. The van der Waals surface area contributed by atoms with Crippen LogP contribution in [-0.2, 0) is 11.2 Å². The fraction of sp³-hybridized carbons (Fsp3) is 0.227. The summed E-state index contributed by atoms with van der Waals surface area (Å²) in [7, 11) is 3.26. The van der Waals surface area contributed by atoms with Crippen LogP contribution in [0.25, 0.3) is 6.08 Å². The monoisotopic (exact) mass is 473 g/mol. The molecule has 150 valence electrons. The molecule has 0 saturated heterocycles. The van der Waals surface area contributed by atoms with Crippen LogP contribution in [0.1, 0.15) is 27.8 Å². The second-order valence-electron chi connectivity index (χ2n) is 6.58. The van der Waals surface area contributed by atoms with Gasteiger partial charge in [0.15, 0.2) is 16.2 Å². The predicted molar refractivity (Wildman–Crippen MR) is 117 cm³/mol. The minimum Gasteiger partial charge on any atom is -0.493 e. The van der Waals surface area contributed by atoms with Crippen molar-refractivity contribution in [3.05, 3.63) is 74.3 Å². The third-order valence-corrected chi connectivity index (χ3v) is 6.30. The lowest BCUT2D eigenvalue weighted by Gasteiger charge is -2.37. The molecule has 29 heavy (non-hydrogen) atoms. The van der Waals surface area contributed by atoms with Gasteiger partial charge in [0.2, 0.25) is 5.91 Å². The highest BCUT2D eigenvalue weighted by atomic mass is 79.9. The van der Waals surface area contributed by atoms with E-state index in [2.05, 4.69) is 22.0 Å². The van der Waals surface area contributed by atoms with Gasteiger partial charge in [0.1, 0.15) is 5.76 Å². The smallest absolute Gasteiger partial charge is 0.247 e. The third-order valence-electron chi connectivity index (χ3n) is 4.95. The second kappa shape index (κ2) is 8.47. The van der Waals surface area contributed by atoms with Crippen LogP contribution >= 0.6 is 27.3 Å². The maximum atomic E-state index is 13.1. The number of rotatable bonds is 5. The van der Waals surface area contributed by atoms with Crippen molar-refractivity contribution in [1.29, 1.82) is 0 Å². The summed E-state index contributed by atoms with van der Waals surface area (Å²) >= 11 is 4.92. The van der Waals surface area contributed by atoms with Crippen LogP contribution in [0, 0.1) is 0 Å². The topological polar surface area (TPSA) is 51.9 Å². The largest absolute Gasteiger partial charge is 0.493 e. The van der Waals surface area contributed by atoms with Crippen molar-refractivity contribution in [3.8, 4) is 11.5 Å². The lowest BCUT2D eigenvalue weighted by atomic mass is 9.90. The van der Waals surface area contributed by atoms with Crippen molar-refractivity contribution < 1.29 is 18.7 Å². The van der Waals surface area contributed by atoms with Crippen molar-refractivity contribution in [2.75, 3.05) is 20.8 Å². The molecule has 4 rings (SSSR count).